The number of benzene rings is 1. The SMILES string of the molecule is Cc1cccc(F)c1-n1nc(C(=O)NC(C(=O)O)C2CC2)c2c1CCC2. The molecule has 1 fully saturated rings. The molecule has 1 atom stereocenters. The summed E-state index contributed by atoms with van der Waals surface area (Å²) in [5.74, 6) is -1.92. The van der Waals surface area contributed by atoms with Crippen molar-refractivity contribution in [3.63, 3.8) is 0 Å². The molecule has 0 bridgehead atoms. The molecule has 2 aromatic rings. The van der Waals surface area contributed by atoms with Crippen molar-refractivity contribution >= 4 is 11.9 Å². The number of nitrogens with zero attached hydrogens (tertiary/aromatic N) is 2. The summed E-state index contributed by atoms with van der Waals surface area (Å²) in [5.41, 5.74) is 2.93. The molecule has 26 heavy (non-hydrogen) atoms. The van der Waals surface area contributed by atoms with Crippen molar-refractivity contribution < 1.29 is 19.1 Å². The minimum atomic E-state index is -1.03. The summed E-state index contributed by atoms with van der Waals surface area (Å²) in [6.07, 6.45) is 3.88. The van der Waals surface area contributed by atoms with E-state index in [1.165, 1.54) is 10.7 Å². The van der Waals surface area contributed by atoms with E-state index in [2.05, 4.69) is 10.4 Å². The highest BCUT2D eigenvalue weighted by Gasteiger charge is 2.38. The zero-order valence-electron chi connectivity index (χ0n) is 14.5. The molecule has 2 N–H and O–H groups in total. The van der Waals surface area contributed by atoms with E-state index < -0.39 is 23.7 Å². The van der Waals surface area contributed by atoms with E-state index in [9.17, 15) is 19.1 Å². The molecule has 6 nitrogen and oxygen atoms in total. The second-order valence-electron chi connectivity index (χ2n) is 7.07. The molecule has 4 rings (SSSR count). The molecular weight excluding hydrogens is 337 g/mol. The van der Waals surface area contributed by atoms with Gasteiger partial charge in [0.25, 0.3) is 5.91 Å². The van der Waals surface area contributed by atoms with Crippen molar-refractivity contribution in [2.75, 3.05) is 0 Å². The summed E-state index contributed by atoms with van der Waals surface area (Å²) in [6, 6.07) is 3.92. The highest BCUT2D eigenvalue weighted by Crippen LogP contribution is 2.34. The number of hydrogen-bond acceptors (Lipinski definition) is 3. The van der Waals surface area contributed by atoms with E-state index in [4.69, 9.17) is 0 Å². The van der Waals surface area contributed by atoms with E-state index in [1.807, 2.05) is 0 Å². The summed E-state index contributed by atoms with van der Waals surface area (Å²) in [5, 5.41) is 16.3. The lowest BCUT2D eigenvalue weighted by molar-refractivity contribution is -0.139. The third-order valence-electron chi connectivity index (χ3n) is 5.19. The van der Waals surface area contributed by atoms with Gasteiger partial charge in [-0.05, 0) is 56.6 Å². The van der Waals surface area contributed by atoms with E-state index in [-0.39, 0.29) is 11.6 Å². The van der Waals surface area contributed by atoms with Gasteiger partial charge >= 0.3 is 5.97 Å². The number of carbonyl (C=O) groups is 2. The maximum Gasteiger partial charge on any atom is 0.326 e. The van der Waals surface area contributed by atoms with Crippen LogP contribution in [0.3, 0.4) is 0 Å². The van der Waals surface area contributed by atoms with Crippen LogP contribution in [0.4, 0.5) is 4.39 Å². The minimum Gasteiger partial charge on any atom is -0.480 e. The van der Waals surface area contributed by atoms with Crippen LogP contribution in [0.5, 0.6) is 0 Å². The minimum absolute atomic E-state index is 0.0135. The van der Waals surface area contributed by atoms with Crippen LogP contribution in [0.2, 0.25) is 0 Å². The van der Waals surface area contributed by atoms with Crippen LogP contribution in [0.25, 0.3) is 5.69 Å². The van der Waals surface area contributed by atoms with Crippen LogP contribution in [0.15, 0.2) is 18.2 Å². The first kappa shape index (κ1) is 16.8. The molecule has 1 aromatic carbocycles. The average molecular weight is 357 g/mol. The van der Waals surface area contributed by atoms with Gasteiger partial charge in [0.15, 0.2) is 5.69 Å². The maximum atomic E-state index is 14.4. The molecule has 2 aliphatic rings. The number of para-hydroxylation sites is 1. The third-order valence-corrected chi connectivity index (χ3v) is 5.19. The van der Waals surface area contributed by atoms with Gasteiger partial charge in [-0.1, -0.05) is 12.1 Å². The number of carboxylic acids is 1. The van der Waals surface area contributed by atoms with E-state index in [1.54, 1.807) is 19.1 Å². The lowest BCUT2D eigenvalue weighted by Gasteiger charge is -2.13. The Kier molecular flexibility index (Phi) is 4.01. The van der Waals surface area contributed by atoms with Crippen LogP contribution in [-0.2, 0) is 17.6 Å². The van der Waals surface area contributed by atoms with Crippen molar-refractivity contribution in [3.8, 4) is 5.69 Å². The number of aromatic nitrogens is 2. The number of fused-ring (bicyclic) bond motifs is 1. The number of aryl methyl sites for hydroxylation is 1. The van der Waals surface area contributed by atoms with Crippen molar-refractivity contribution in [1.29, 1.82) is 0 Å². The van der Waals surface area contributed by atoms with Gasteiger partial charge in [0.1, 0.15) is 17.5 Å². The van der Waals surface area contributed by atoms with Gasteiger partial charge in [-0.3, -0.25) is 4.79 Å². The van der Waals surface area contributed by atoms with Crippen molar-refractivity contribution in [1.82, 2.24) is 15.1 Å². The number of rotatable bonds is 5. The smallest absolute Gasteiger partial charge is 0.326 e. The fraction of sp³-hybridized carbons (Fsp3) is 0.421. The van der Waals surface area contributed by atoms with Gasteiger partial charge in [0.2, 0.25) is 0 Å². The second kappa shape index (κ2) is 6.23. The van der Waals surface area contributed by atoms with Crippen LogP contribution in [-0.4, -0.2) is 32.8 Å². The van der Waals surface area contributed by atoms with Crippen LogP contribution in [0.1, 0.15) is 46.6 Å². The molecule has 1 aromatic heterocycles. The topological polar surface area (TPSA) is 84.2 Å². The van der Waals surface area contributed by atoms with Crippen molar-refractivity contribution in [2.24, 2.45) is 5.92 Å². The quantitative estimate of drug-likeness (QED) is 0.861. The third kappa shape index (κ3) is 2.77. The molecule has 0 spiro atoms. The summed E-state index contributed by atoms with van der Waals surface area (Å²) >= 11 is 0. The maximum absolute atomic E-state index is 14.4. The number of amides is 1. The molecule has 1 saturated carbocycles. The highest BCUT2D eigenvalue weighted by atomic mass is 19.1. The number of carboxylic acid groups (broad SMARTS) is 1. The van der Waals surface area contributed by atoms with Gasteiger partial charge in [-0.15, -0.1) is 0 Å². The average Bonchev–Trinajstić information content (AvgIpc) is 3.19. The lowest BCUT2D eigenvalue weighted by atomic mass is 10.1. The predicted octanol–water partition coefficient (Wildman–Crippen LogP) is 2.40. The van der Waals surface area contributed by atoms with Gasteiger partial charge in [0, 0.05) is 11.3 Å². The van der Waals surface area contributed by atoms with Crippen molar-refractivity contribution in [3.05, 3.63) is 46.5 Å². The molecule has 0 radical (unpaired) electrons. The molecule has 136 valence electrons. The fourth-order valence-corrected chi connectivity index (χ4v) is 3.72. The van der Waals surface area contributed by atoms with Crippen LogP contribution < -0.4 is 5.32 Å². The van der Waals surface area contributed by atoms with Crippen molar-refractivity contribution in [2.45, 2.75) is 45.1 Å². The fourth-order valence-electron chi connectivity index (χ4n) is 3.72. The number of carbonyl (C=O) groups excluding carboxylic acids is 1. The molecule has 1 unspecified atom stereocenters. The Balaban J connectivity index is 1.72. The van der Waals surface area contributed by atoms with E-state index in [0.717, 1.165) is 36.1 Å². The standard InChI is InChI=1S/C19H20FN3O3/c1-10-4-2-6-13(20)17(10)23-14-7-3-5-12(14)16(22-23)18(24)21-15(19(25)26)11-8-9-11/h2,4,6,11,15H,3,5,7-9H2,1H3,(H,21,24)(H,25,26). The van der Waals surface area contributed by atoms with Gasteiger partial charge < -0.3 is 10.4 Å². The summed E-state index contributed by atoms with van der Waals surface area (Å²) < 4.78 is 15.9. The number of nitrogens with one attached hydrogen (secondary N) is 1. The van der Waals surface area contributed by atoms with E-state index in [0.29, 0.717) is 18.5 Å². The highest BCUT2D eigenvalue weighted by molar-refractivity contribution is 5.96. The summed E-state index contributed by atoms with van der Waals surface area (Å²) in [4.78, 5) is 24.1. The van der Waals surface area contributed by atoms with Crippen LogP contribution in [0, 0.1) is 18.7 Å². The largest absolute Gasteiger partial charge is 0.480 e. The first-order chi connectivity index (χ1) is 12.5. The zero-order valence-corrected chi connectivity index (χ0v) is 14.5. The summed E-state index contributed by atoms with van der Waals surface area (Å²) in [7, 11) is 0. The second-order valence-corrected chi connectivity index (χ2v) is 7.07. The normalized spacial score (nSPS) is 17.0. The zero-order chi connectivity index (χ0) is 18.4. The Morgan fingerprint density at radius 2 is 2.12 bits per heavy atom. The Labute approximate surface area is 150 Å². The first-order valence-corrected chi connectivity index (χ1v) is 8.87. The van der Waals surface area contributed by atoms with Gasteiger partial charge in [0.05, 0.1) is 0 Å². The summed E-state index contributed by atoms with van der Waals surface area (Å²) in [6.45, 7) is 1.80. The Hall–Kier alpha value is -2.70. The van der Waals surface area contributed by atoms with E-state index >= 15 is 0 Å². The predicted molar refractivity (Wildman–Crippen MR) is 91.9 cm³/mol. The Morgan fingerprint density at radius 3 is 2.77 bits per heavy atom. The molecule has 2 aliphatic carbocycles. The van der Waals surface area contributed by atoms with Gasteiger partial charge in [-0.25, -0.2) is 13.9 Å². The number of halogens is 1. The van der Waals surface area contributed by atoms with Crippen LogP contribution >= 0.6 is 0 Å². The molecule has 0 aliphatic heterocycles. The van der Waals surface area contributed by atoms with Gasteiger partial charge in [-0.2, -0.15) is 5.10 Å². The number of aliphatic carboxylic acids is 1. The molecule has 1 heterocycles. The number of hydrogen-bond donors (Lipinski definition) is 2. The first-order valence-electron chi connectivity index (χ1n) is 8.87. The molecule has 7 heteroatoms. The molecule has 1 amide bonds. The molecule has 0 saturated heterocycles. The lowest BCUT2D eigenvalue weighted by Crippen LogP contribution is -2.42. The Morgan fingerprint density at radius 1 is 1.35 bits per heavy atom. The molecular formula is C19H20FN3O3. The Bertz CT molecular complexity index is 881. The monoisotopic (exact) mass is 357 g/mol.